The van der Waals surface area contributed by atoms with Crippen LogP contribution in [0.4, 0.5) is 5.13 Å². The quantitative estimate of drug-likeness (QED) is 0.832. The van der Waals surface area contributed by atoms with Gasteiger partial charge in [-0.3, -0.25) is 0 Å². The second-order valence-electron chi connectivity index (χ2n) is 6.40. The molecule has 3 rings (SSSR count). The number of nitrogens with zero attached hydrogens (tertiary/aromatic N) is 2. The zero-order chi connectivity index (χ0) is 14.3. The maximum Gasteiger partial charge on any atom is 0.347 e. The normalized spacial score (nSPS) is 18.6. The molecule has 1 aromatic heterocycles. The van der Waals surface area contributed by atoms with E-state index in [9.17, 15) is 9.90 Å². The largest absolute Gasteiger partial charge is 0.477 e. The Labute approximate surface area is 123 Å². The molecule has 2 fully saturated rings. The maximum atomic E-state index is 11.4. The minimum atomic E-state index is -0.810. The number of aromatic nitrogens is 1. The summed E-state index contributed by atoms with van der Waals surface area (Å²) in [5.74, 6) is 0.255. The zero-order valence-electron chi connectivity index (χ0n) is 12.1. The highest BCUT2D eigenvalue weighted by Gasteiger charge is 2.36. The molecule has 4 nitrogen and oxygen atoms in total. The summed E-state index contributed by atoms with van der Waals surface area (Å²) >= 11 is 1.38. The van der Waals surface area contributed by atoms with Crippen LogP contribution < -0.4 is 4.90 Å². The molecule has 1 heterocycles. The Kier molecular flexibility index (Phi) is 3.71. The van der Waals surface area contributed by atoms with E-state index in [1.165, 1.54) is 24.2 Å². The van der Waals surface area contributed by atoms with E-state index in [4.69, 9.17) is 4.98 Å². The number of hydrogen-bond donors (Lipinski definition) is 1. The van der Waals surface area contributed by atoms with Crippen molar-refractivity contribution in [2.45, 2.75) is 57.9 Å². The predicted molar refractivity (Wildman–Crippen MR) is 80.9 cm³/mol. The lowest BCUT2D eigenvalue weighted by Gasteiger charge is -2.22. The first-order valence-corrected chi connectivity index (χ1v) is 8.38. The van der Waals surface area contributed by atoms with Crippen LogP contribution in [0.25, 0.3) is 0 Å². The van der Waals surface area contributed by atoms with Gasteiger partial charge in [0.15, 0.2) is 5.13 Å². The molecule has 2 saturated carbocycles. The summed E-state index contributed by atoms with van der Waals surface area (Å²) in [5.41, 5.74) is 0.840. The van der Waals surface area contributed by atoms with Crippen LogP contribution in [0.2, 0.25) is 0 Å². The molecule has 2 aliphatic carbocycles. The van der Waals surface area contributed by atoms with Crippen molar-refractivity contribution in [3.05, 3.63) is 10.6 Å². The molecule has 0 spiro atoms. The van der Waals surface area contributed by atoms with Gasteiger partial charge >= 0.3 is 5.97 Å². The van der Waals surface area contributed by atoms with Gasteiger partial charge in [-0.2, -0.15) is 0 Å². The SMILES string of the molecule is CC(C)CCN(c1nc(C2CC2)c(C(=O)O)s1)C1CC1. The molecule has 5 heteroatoms. The van der Waals surface area contributed by atoms with Crippen molar-refractivity contribution >= 4 is 22.4 Å². The molecule has 0 radical (unpaired) electrons. The number of carbonyl (C=O) groups is 1. The topological polar surface area (TPSA) is 53.4 Å². The predicted octanol–water partition coefficient (Wildman–Crippen LogP) is 3.73. The molecule has 0 unspecified atom stereocenters. The highest BCUT2D eigenvalue weighted by Crippen LogP contribution is 2.45. The van der Waals surface area contributed by atoms with E-state index in [1.54, 1.807) is 0 Å². The number of anilines is 1. The molecule has 0 bridgehead atoms. The van der Waals surface area contributed by atoms with Crippen molar-refractivity contribution in [2.24, 2.45) is 5.92 Å². The molecule has 1 N–H and O–H groups in total. The van der Waals surface area contributed by atoms with Gasteiger partial charge in [0.05, 0.1) is 5.69 Å². The van der Waals surface area contributed by atoms with Gasteiger partial charge in [0.2, 0.25) is 0 Å². The van der Waals surface area contributed by atoms with Crippen molar-refractivity contribution in [2.75, 3.05) is 11.4 Å². The van der Waals surface area contributed by atoms with Gasteiger partial charge in [-0.1, -0.05) is 25.2 Å². The molecule has 0 amide bonds. The fourth-order valence-electron chi connectivity index (χ4n) is 2.45. The summed E-state index contributed by atoms with van der Waals surface area (Å²) in [7, 11) is 0. The lowest BCUT2D eigenvalue weighted by molar-refractivity contribution is 0.0700. The van der Waals surface area contributed by atoms with Crippen LogP contribution in [-0.4, -0.2) is 28.6 Å². The molecule has 0 aromatic carbocycles. The van der Waals surface area contributed by atoms with Crippen molar-refractivity contribution in [1.82, 2.24) is 4.98 Å². The van der Waals surface area contributed by atoms with Gasteiger partial charge in [-0.05, 0) is 38.0 Å². The van der Waals surface area contributed by atoms with Gasteiger partial charge in [0, 0.05) is 18.5 Å². The molecule has 2 aliphatic rings. The third-order valence-corrected chi connectivity index (χ3v) is 5.08. The van der Waals surface area contributed by atoms with Crippen LogP contribution >= 0.6 is 11.3 Å². The van der Waals surface area contributed by atoms with Crippen LogP contribution in [0.15, 0.2) is 0 Å². The average molecular weight is 294 g/mol. The van der Waals surface area contributed by atoms with Gasteiger partial charge in [0.25, 0.3) is 0 Å². The molecular weight excluding hydrogens is 272 g/mol. The standard InChI is InChI=1S/C15H22N2O2S/c1-9(2)7-8-17(11-5-6-11)15-16-12(10-3-4-10)13(20-15)14(18)19/h9-11H,3-8H2,1-2H3,(H,18,19). The fraction of sp³-hybridized carbons (Fsp3) is 0.733. The molecule has 20 heavy (non-hydrogen) atoms. The summed E-state index contributed by atoms with van der Waals surface area (Å²) < 4.78 is 0. The minimum Gasteiger partial charge on any atom is -0.477 e. The molecule has 0 saturated heterocycles. The smallest absolute Gasteiger partial charge is 0.347 e. The van der Waals surface area contributed by atoms with Crippen LogP contribution in [0.3, 0.4) is 0 Å². The summed E-state index contributed by atoms with van der Waals surface area (Å²) in [6.07, 6.45) is 5.77. The van der Waals surface area contributed by atoms with E-state index < -0.39 is 5.97 Å². The Morgan fingerprint density at radius 1 is 1.40 bits per heavy atom. The Morgan fingerprint density at radius 3 is 2.60 bits per heavy atom. The van der Waals surface area contributed by atoms with E-state index in [1.807, 2.05) is 0 Å². The monoisotopic (exact) mass is 294 g/mol. The van der Waals surface area contributed by atoms with Gasteiger partial charge in [-0.25, -0.2) is 9.78 Å². The number of hydrogen-bond acceptors (Lipinski definition) is 4. The van der Waals surface area contributed by atoms with Crippen molar-refractivity contribution < 1.29 is 9.90 Å². The number of carboxylic acid groups (broad SMARTS) is 1. The first-order chi connectivity index (χ1) is 9.56. The number of carboxylic acids is 1. The van der Waals surface area contributed by atoms with Crippen LogP contribution in [0.1, 0.15) is 67.2 Å². The summed E-state index contributed by atoms with van der Waals surface area (Å²) in [4.78, 5) is 18.9. The number of aromatic carboxylic acids is 1. The second kappa shape index (κ2) is 5.35. The van der Waals surface area contributed by atoms with E-state index in [0.717, 1.165) is 36.6 Å². The molecule has 110 valence electrons. The van der Waals surface area contributed by atoms with Gasteiger partial charge in [0.1, 0.15) is 4.88 Å². The third-order valence-electron chi connectivity index (χ3n) is 3.98. The summed E-state index contributed by atoms with van der Waals surface area (Å²) in [5, 5.41) is 10.3. The molecule has 0 aliphatic heterocycles. The maximum absolute atomic E-state index is 11.4. The average Bonchev–Trinajstić information content (AvgIpc) is 3.27. The lowest BCUT2D eigenvalue weighted by Crippen LogP contribution is -2.27. The Morgan fingerprint density at radius 2 is 2.10 bits per heavy atom. The molecular formula is C15H22N2O2S. The highest BCUT2D eigenvalue weighted by atomic mass is 32.1. The first kappa shape index (κ1) is 13.9. The lowest BCUT2D eigenvalue weighted by atomic mass is 10.1. The second-order valence-corrected chi connectivity index (χ2v) is 7.37. The van der Waals surface area contributed by atoms with Gasteiger partial charge < -0.3 is 10.0 Å². The number of thiazole rings is 1. The Balaban J connectivity index is 1.82. The molecule has 1 aromatic rings. The van der Waals surface area contributed by atoms with Crippen molar-refractivity contribution in [1.29, 1.82) is 0 Å². The highest BCUT2D eigenvalue weighted by molar-refractivity contribution is 7.17. The first-order valence-electron chi connectivity index (χ1n) is 7.57. The van der Waals surface area contributed by atoms with E-state index in [0.29, 0.717) is 22.8 Å². The third kappa shape index (κ3) is 2.97. The fourth-order valence-corrected chi connectivity index (χ4v) is 3.54. The zero-order valence-corrected chi connectivity index (χ0v) is 12.9. The minimum absolute atomic E-state index is 0.400. The van der Waals surface area contributed by atoms with Crippen LogP contribution in [-0.2, 0) is 0 Å². The number of rotatable bonds is 7. The van der Waals surface area contributed by atoms with E-state index in [2.05, 4.69) is 18.7 Å². The Bertz CT molecular complexity index is 504. The molecule has 0 atom stereocenters. The summed E-state index contributed by atoms with van der Waals surface area (Å²) in [6, 6.07) is 0.591. The Hall–Kier alpha value is -1.10. The van der Waals surface area contributed by atoms with Gasteiger partial charge in [-0.15, -0.1) is 0 Å². The van der Waals surface area contributed by atoms with Crippen molar-refractivity contribution in [3.63, 3.8) is 0 Å². The van der Waals surface area contributed by atoms with Crippen molar-refractivity contribution in [3.8, 4) is 0 Å². The van der Waals surface area contributed by atoms with Crippen LogP contribution in [0, 0.1) is 5.92 Å². The van der Waals surface area contributed by atoms with Crippen LogP contribution in [0.5, 0.6) is 0 Å². The summed E-state index contributed by atoms with van der Waals surface area (Å²) in [6.45, 7) is 5.45. The van der Waals surface area contributed by atoms with E-state index in [-0.39, 0.29) is 0 Å². The van der Waals surface area contributed by atoms with E-state index >= 15 is 0 Å².